The first-order chi connectivity index (χ1) is 11.0. The molecule has 122 valence electrons. The minimum absolute atomic E-state index is 0.0392. The molecule has 0 aromatic heterocycles. The fourth-order valence-electron chi connectivity index (χ4n) is 2.66. The van der Waals surface area contributed by atoms with Crippen molar-refractivity contribution in [1.82, 2.24) is 5.32 Å². The summed E-state index contributed by atoms with van der Waals surface area (Å²) in [7, 11) is 0. The van der Waals surface area contributed by atoms with E-state index in [1.807, 2.05) is 0 Å². The largest absolute Gasteiger partial charge is 0.449 e. The Hall–Kier alpha value is -2.42. The van der Waals surface area contributed by atoms with E-state index in [9.17, 15) is 19.2 Å². The molecular formula is C17H19FN2O3. The lowest BCUT2D eigenvalue weighted by atomic mass is 9.83. The average molecular weight is 318 g/mol. The number of benzene rings is 1. The first kappa shape index (κ1) is 16.9. The standard InChI is InChI=1S/C17H19FN2O3/c1-12(23-16(22)13-6-5-7-14(18)10-13)15(21)20-17(11-19)8-3-2-4-9-17/h5-7,10,12H,2-4,8-9H2,1H3,(H,20,21)/t12-/m0/s1. The van der Waals surface area contributed by atoms with E-state index in [1.54, 1.807) is 0 Å². The minimum Gasteiger partial charge on any atom is -0.449 e. The number of nitriles is 1. The third-order valence-corrected chi connectivity index (χ3v) is 4.00. The maximum Gasteiger partial charge on any atom is 0.339 e. The number of nitrogens with zero attached hydrogens (tertiary/aromatic N) is 1. The van der Waals surface area contributed by atoms with Crippen molar-refractivity contribution in [3.63, 3.8) is 0 Å². The van der Waals surface area contributed by atoms with E-state index in [4.69, 9.17) is 4.74 Å². The van der Waals surface area contributed by atoms with Gasteiger partial charge in [-0.2, -0.15) is 5.26 Å². The number of rotatable bonds is 4. The number of hydrogen-bond acceptors (Lipinski definition) is 4. The van der Waals surface area contributed by atoms with Crippen molar-refractivity contribution in [2.45, 2.75) is 50.7 Å². The Morgan fingerprint density at radius 1 is 1.35 bits per heavy atom. The van der Waals surface area contributed by atoms with Crippen LogP contribution in [0.15, 0.2) is 24.3 Å². The molecule has 0 saturated heterocycles. The zero-order chi connectivity index (χ0) is 16.9. The summed E-state index contributed by atoms with van der Waals surface area (Å²) in [4.78, 5) is 24.1. The molecular weight excluding hydrogens is 299 g/mol. The van der Waals surface area contributed by atoms with E-state index in [0.29, 0.717) is 12.8 Å². The molecule has 1 aromatic carbocycles. The lowest BCUT2D eigenvalue weighted by Crippen LogP contribution is -2.52. The van der Waals surface area contributed by atoms with E-state index in [1.165, 1.54) is 25.1 Å². The number of esters is 1. The normalized spacial score (nSPS) is 17.6. The number of ether oxygens (including phenoxy) is 1. The lowest BCUT2D eigenvalue weighted by molar-refractivity contribution is -0.130. The lowest BCUT2D eigenvalue weighted by Gasteiger charge is -2.32. The van der Waals surface area contributed by atoms with Crippen LogP contribution < -0.4 is 5.32 Å². The Labute approximate surface area is 134 Å². The molecule has 0 spiro atoms. The number of hydrogen-bond donors (Lipinski definition) is 1. The van der Waals surface area contributed by atoms with Gasteiger partial charge in [0.1, 0.15) is 11.4 Å². The van der Waals surface area contributed by atoms with Crippen molar-refractivity contribution in [2.24, 2.45) is 0 Å². The zero-order valence-corrected chi connectivity index (χ0v) is 13.0. The summed E-state index contributed by atoms with van der Waals surface area (Å²) in [5, 5.41) is 12.0. The van der Waals surface area contributed by atoms with E-state index in [2.05, 4.69) is 11.4 Å². The number of carbonyl (C=O) groups excluding carboxylic acids is 2. The molecule has 1 atom stereocenters. The predicted molar refractivity (Wildman–Crippen MR) is 80.8 cm³/mol. The highest BCUT2D eigenvalue weighted by molar-refractivity contribution is 5.92. The molecule has 1 fully saturated rings. The molecule has 5 nitrogen and oxygen atoms in total. The summed E-state index contributed by atoms with van der Waals surface area (Å²) in [6.45, 7) is 1.43. The Morgan fingerprint density at radius 2 is 2.04 bits per heavy atom. The van der Waals surface area contributed by atoms with Gasteiger partial charge in [0.2, 0.25) is 0 Å². The maximum atomic E-state index is 13.1. The van der Waals surface area contributed by atoms with Crippen LogP contribution in [-0.4, -0.2) is 23.5 Å². The number of amides is 1. The molecule has 2 rings (SSSR count). The number of halogens is 1. The van der Waals surface area contributed by atoms with Crippen LogP contribution in [0.4, 0.5) is 4.39 Å². The van der Waals surface area contributed by atoms with E-state index in [0.717, 1.165) is 25.3 Å². The van der Waals surface area contributed by atoms with Crippen LogP contribution in [-0.2, 0) is 9.53 Å². The highest BCUT2D eigenvalue weighted by Gasteiger charge is 2.35. The Bertz CT molecular complexity index is 633. The monoisotopic (exact) mass is 318 g/mol. The second kappa shape index (κ2) is 7.23. The van der Waals surface area contributed by atoms with Crippen molar-refractivity contribution in [3.8, 4) is 6.07 Å². The number of nitrogens with one attached hydrogen (secondary N) is 1. The van der Waals surface area contributed by atoms with Gasteiger partial charge in [-0.3, -0.25) is 4.79 Å². The van der Waals surface area contributed by atoms with E-state index < -0.39 is 29.3 Å². The third kappa shape index (κ3) is 4.28. The summed E-state index contributed by atoms with van der Waals surface area (Å²) >= 11 is 0. The van der Waals surface area contributed by atoms with Gasteiger partial charge in [0, 0.05) is 0 Å². The molecule has 0 unspecified atom stereocenters. The molecule has 1 aliphatic rings. The molecule has 23 heavy (non-hydrogen) atoms. The molecule has 1 aromatic rings. The van der Waals surface area contributed by atoms with Gasteiger partial charge in [-0.05, 0) is 38.0 Å². The maximum absolute atomic E-state index is 13.1. The first-order valence-corrected chi connectivity index (χ1v) is 7.66. The summed E-state index contributed by atoms with van der Waals surface area (Å²) < 4.78 is 18.2. The van der Waals surface area contributed by atoms with Gasteiger partial charge in [0.05, 0.1) is 11.6 Å². The van der Waals surface area contributed by atoms with Crippen LogP contribution in [0.25, 0.3) is 0 Å². The molecule has 0 heterocycles. The van der Waals surface area contributed by atoms with Crippen LogP contribution in [0, 0.1) is 17.1 Å². The van der Waals surface area contributed by atoms with Crippen LogP contribution >= 0.6 is 0 Å². The van der Waals surface area contributed by atoms with E-state index >= 15 is 0 Å². The van der Waals surface area contributed by atoms with Crippen LogP contribution in [0.5, 0.6) is 0 Å². The zero-order valence-electron chi connectivity index (χ0n) is 13.0. The Balaban J connectivity index is 1.97. The SMILES string of the molecule is C[C@H](OC(=O)c1cccc(F)c1)C(=O)NC1(C#N)CCCCC1. The predicted octanol–water partition coefficient (Wildman–Crippen LogP) is 2.71. The molecule has 1 N–H and O–H groups in total. The highest BCUT2D eigenvalue weighted by atomic mass is 19.1. The van der Waals surface area contributed by atoms with Crippen molar-refractivity contribution in [1.29, 1.82) is 5.26 Å². The molecule has 0 radical (unpaired) electrons. The second-order valence-corrected chi connectivity index (χ2v) is 5.80. The second-order valence-electron chi connectivity index (χ2n) is 5.80. The molecule has 1 amide bonds. The summed E-state index contributed by atoms with van der Waals surface area (Å²) in [6.07, 6.45) is 2.94. The smallest absolute Gasteiger partial charge is 0.339 e. The van der Waals surface area contributed by atoms with Crippen LogP contribution in [0.1, 0.15) is 49.4 Å². The van der Waals surface area contributed by atoms with Crippen LogP contribution in [0.3, 0.4) is 0 Å². The van der Waals surface area contributed by atoms with Gasteiger partial charge in [0.15, 0.2) is 6.10 Å². The van der Waals surface area contributed by atoms with Gasteiger partial charge in [-0.15, -0.1) is 0 Å². The van der Waals surface area contributed by atoms with Gasteiger partial charge < -0.3 is 10.1 Å². The third-order valence-electron chi connectivity index (χ3n) is 4.00. The van der Waals surface area contributed by atoms with Gasteiger partial charge in [-0.25, -0.2) is 9.18 Å². The minimum atomic E-state index is -1.06. The van der Waals surface area contributed by atoms with Crippen molar-refractivity contribution in [2.75, 3.05) is 0 Å². The number of carbonyl (C=O) groups is 2. The molecule has 1 aliphatic carbocycles. The van der Waals surface area contributed by atoms with Gasteiger partial charge >= 0.3 is 5.97 Å². The quantitative estimate of drug-likeness (QED) is 0.866. The fourth-order valence-corrected chi connectivity index (χ4v) is 2.66. The molecule has 0 aliphatic heterocycles. The highest BCUT2D eigenvalue weighted by Crippen LogP contribution is 2.27. The van der Waals surface area contributed by atoms with Gasteiger partial charge in [0.25, 0.3) is 5.91 Å². The Kier molecular flexibility index (Phi) is 5.32. The summed E-state index contributed by atoms with van der Waals surface area (Å²) in [5.74, 6) is -1.85. The summed E-state index contributed by atoms with van der Waals surface area (Å²) in [5.41, 5.74) is -0.841. The van der Waals surface area contributed by atoms with Crippen LogP contribution in [0.2, 0.25) is 0 Å². The van der Waals surface area contributed by atoms with Crippen molar-refractivity contribution in [3.05, 3.63) is 35.6 Å². The molecule has 6 heteroatoms. The fraction of sp³-hybridized carbons (Fsp3) is 0.471. The van der Waals surface area contributed by atoms with Gasteiger partial charge in [-0.1, -0.05) is 25.3 Å². The van der Waals surface area contributed by atoms with Crippen molar-refractivity contribution < 1.29 is 18.7 Å². The topological polar surface area (TPSA) is 79.2 Å². The molecule has 1 saturated carbocycles. The van der Waals surface area contributed by atoms with Crippen molar-refractivity contribution >= 4 is 11.9 Å². The van der Waals surface area contributed by atoms with E-state index in [-0.39, 0.29) is 5.56 Å². The Morgan fingerprint density at radius 3 is 2.65 bits per heavy atom. The first-order valence-electron chi connectivity index (χ1n) is 7.66. The summed E-state index contributed by atoms with van der Waals surface area (Å²) in [6, 6.07) is 7.24. The molecule has 0 bridgehead atoms. The average Bonchev–Trinajstić information content (AvgIpc) is 2.55.